The van der Waals surface area contributed by atoms with Crippen molar-refractivity contribution in [3.63, 3.8) is 0 Å². The smallest absolute Gasteiger partial charge is 0.192 e. The molecular formula is C14H19BrIN3O. The van der Waals surface area contributed by atoms with Gasteiger partial charge in [-0.15, -0.1) is 30.4 Å². The summed E-state index contributed by atoms with van der Waals surface area (Å²) >= 11 is 3.38. The third-order valence-corrected chi connectivity index (χ3v) is 2.67. The molecule has 20 heavy (non-hydrogen) atoms. The molecule has 0 bridgehead atoms. The number of guanidine groups is 1. The molecule has 4 nitrogen and oxygen atoms in total. The van der Waals surface area contributed by atoms with E-state index in [1.807, 2.05) is 31.2 Å². The Morgan fingerprint density at radius 1 is 1.35 bits per heavy atom. The van der Waals surface area contributed by atoms with E-state index >= 15 is 0 Å². The largest absolute Gasteiger partial charge is 0.492 e. The van der Waals surface area contributed by atoms with Gasteiger partial charge < -0.3 is 15.4 Å². The third-order valence-electron chi connectivity index (χ3n) is 2.15. The van der Waals surface area contributed by atoms with Crippen molar-refractivity contribution in [2.45, 2.75) is 6.92 Å². The molecule has 6 heteroatoms. The first-order valence-corrected chi connectivity index (χ1v) is 6.89. The lowest BCUT2D eigenvalue weighted by atomic mass is 10.3. The predicted molar refractivity (Wildman–Crippen MR) is 97.9 cm³/mol. The molecule has 0 aliphatic heterocycles. The van der Waals surface area contributed by atoms with Crippen molar-refractivity contribution >= 4 is 45.9 Å². The van der Waals surface area contributed by atoms with Crippen LogP contribution in [-0.2, 0) is 0 Å². The number of halogens is 2. The van der Waals surface area contributed by atoms with Gasteiger partial charge in [0, 0.05) is 11.0 Å². The molecule has 0 aliphatic carbocycles. The summed E-state index contributed by atoms with van der Waals surface area (Å²) in [6, 6.07) is 7.71. The van der Waals surface area contributed by atoms with Gasteiger partial charge in [-0.05, 0) is 31.2 Å². The molecule has 0 spiro atoms. The number of hydrogen-bond acceptors (Lipinski definition) is 2. The Kier molecular flexibility index (Phi) is 11.3. The van der Waals surface area contributed by atoms with Crippen LogP contribution in [0.2, 0.25) is 0 Å². The van der Waals surface area contributed by atoms with E-state index in [1.165, 1.54) is 0 Å². The highest BCUT2D eigenvalue weighted by molar-refractivity contribution is 14.0. The van der Waals surface area contributed by atoms with E-state index in [1.54, 1.807) is 0 Å². The summed E-state index contributed by atoms with van der Waals surface area (Å²) in [4.78, 5) is 4.35. The molecule has 0 saturated heterocycles. The van der Waals surface area contributed by atoms with Crippen molar-refractivity contribution in [2.75, 3.05) is 26.2 Å². The second-order valence-corrected chi connectivity index (χ2v) is 4.54. The summed E-state index contributed by atoms with van der Waals surface area (Å²) in [5, 5.41) is 6.12. The maximum atomic E-state index is 5.57. The Bertz CT molecular complexity index is 443. The number of terminal acetylenes is 1. The van der Waals surface area contributed by atoms with E-state index in [2.05, 4.69) is 37.5 Å². The fraction of sp³-hybridized carbons (Fsp3) is 0.357. The summed E-state index contributed by atoms with van der Waals surface area (Å²) in [6.07, 6.45) is 5.19. The fourth-order valence-electron chi connectivity index (χ4n) is 1.33. The first-order chi connectivity index (χ1) is 9.26. The predicted octanol–water partition coefficient (Wildman–Crippen LogP) is 2.63. The Hall–Kier alpha value is -0.940. The van der Waals surface area contributed by atoms with Crippen LogP contribution in [0, 0.1) is 12.3 Å². The highest BCUT2D eigenvalue weighted by atomic mass is 127. The molecule has 0 radical (unpaired) electrons. The van der Waals surface area contributed by atoms with Crippen LogP contribution in [0.5, 0.6) is 5.75 Å². The molecule has 0 saturated carbocycles. The van der Waals surface area contributed by atoms with Crippen LogP contribution < -0.4 is 15.4 Å². The van der Waals surface area contributed by atoms with Gasteiger partial charge in [-0.2, -0.15) is 0 Å². The van der Waals surface area contributed by atoms with Gasteiger partial charge in [-0.1, -0.05) is 21.9 Å². The molecule has 0 unspecified atom stereocenters. The van der Waals surface area contributed by atoms with Crippen LogP contribution >= 0.6 is 39.9 Å². The van der Waals surface area contributed by atoms with E-state index in [0.29, 0.717) is 25.7 Å². The number of aliphatic imine (C=N–C) groups is 1. The Labute approximate surface area is 145 Å². The second-order valence-electron chi connectivity index (χ2n) is 3.62. The number of benzene rings is 1. The molecule has 1 aromatic rings. The van der Waals surface area contributed by atoms with Crippen molar-refractivity contribution in [1.29, 1.82) is 0 Å². The molecule has 2 N–H and O–H groups in total. The van der Waals surface area contributed by atoms with Gasteiger partial charge in [0.2, 0.25) is 0 Å². The van der Waals surface area contributed by atoms with Crippen LogP contribution in [0.15, 0.2) is 33.7 Å². The molecule has 0 aromatic heterocycles. The number of hydrogen-bond donors (Lipinski definition) is 2. The molecule has 0 heterocycles. The van der Waals surface area contributed by atoms with Gasteiger partial charge in [0.15, 0.2) is 5.96 Å². The minimum absolute atomic E-state index is 0. The average Bonchev–Trinajstić information content (AvgIpc) is 2.42. The van der Waals surface area contributed by atoms with Gasteiger partial charge in [0.25, 0.3) is 0 Å². The molecule has 0 amide bonds. The highest BCUT2D eigenvalue weighted by Gasteiger charge is 1.96. The zero-order valence-corrected chi connectivity index (χ0v) is 15.3. The van der Waals surface area contributed by atoms with Crippen molar-refractivity contribution in [3.05, 3.63) is 28.7 Å². The van der Waals surface area contributed by atoms with Crippen LogP contribution in [0.25, 0.3) is 0 Å². The normalized spacial score (nSPS) is 10.2. The summed E-state index contributed by atoms with van der Waals surface area (Å²) in [7, 11) is 0. The average molecular weight is 452 g/mol. The Morgan fingerprint density at radius 3 is 2.65 bits per heavy atom. The first-order valence-electron chi connectivity index (χ1n) is 6.10. The number of nitrogens with zero attached hydrogens (tertiary/aromatic N) is 1. The zero-order valence-electron chi connectivity index (χ0n) is 11.4. The number of rotatable bonds is 6. The van der Waals surface area contributed by atoms with Gasteiger partial charge in [-0.25, -0.2) is 4.99 Å². The quantitative estimate of drug-likeness (QED) is 0.230. The van der Waals surface area contributed by atoms with Gasteiger partial charge in [0.05, 0.1) is 13.1 Å². The maximum absolute atomic E-state index is 5.57. The number of nitrogens with one attached hydrogen (secondary N) is 2. The van der Waals surface area contributed by atoms with Crippen molar-refractivity contribution in [2.24, 2.45) is 4.99 Å². The lowest BCUT2D eigenvalue weighted by molar-refractivity contribution is 0.328. The van der Waals surface area contributed by atoms with Crippen LogP contribution in [0.1, 0.15) is 6.92 Å². The van der Waals surface area contributed by atoms with Crippen molar-refractivity contribution in [3.8, 4) is 18.1 Å². The summed E-state index contributed by atoms with van der Waals surface area (Å²) < 4.78 is 6.60. The van der Waals surface area contributed by atoms with Crippen LogP contribution in [0.3, 0.4) is 0 Å². The van der Waals surface area contributed by atoms with Gasteiger partial charge in [0.1, 0.15) is 12.4 Å². The summed E-state index contributed by atoms with van der Waals surface area (Å²) in [5.74, 6) is 4.05. The van der Waals surface area contributed by atoms with Crippen LogP contribution in [0.4, 0.5) is 0 Å². The lowest BCUT2D eigenvalue weighted by Crippen LogP contribution is -2.37. The standard InChI is InChI=1S/C14H18BrN3O.HI/c1-3-9-17-14(16-4-2)18-10-11-19-13-7-5-12(15)6-8-13;/h1,5-8H,4,9-11H2,2H3,(H2,16,17,18);1H. The molecule has 110 valence electrons. The minimum atomic E-state index is 0. The van der Waals surface area contributed by atoms with E-state index < -0.39 is 0 Å². The van der Waals surface area contributed by atoms with Crippen LogP contribution in [-0.4, -0.2) is 32.2 Å². The molecule has 0 fully saturated rings. The molecule has 1 rings (SSSR count). The van der Waals surface area contributed by atoms with E-state index in [-0.39, 0.29) is 24.0 Å². The lowest BCUT2D eigenvalue weighted by Gasteiger charge is -2.09. The summed E-state index contributed by atoms with van der Waals surface area (Å²) in [6.45, 7) is 4.35. The van der Waals surface area contributed by atoms with E-state index in [9.17, 15) is 0 Å². The molecule has 1 aromatic carbocycles. The first kappa shape index (κ1) is 19.1. The second kappa shape index (κ2) is 11.9. The highest BCUT2D eigenvalue weighted by Crippen LogP contribution is 2.15. The van der Waals surface area contributed by atoms with Gasteiger partial charge >= 0.3 is 0 Å². The topological polar surface area (TPSA) is 45.7 Å². The van der Waals surface area contributed by atoms with E-state index in [4.69, 9.17) is 11.2 Å². The molecule has 0 aliphatic rings. The monoisotopic (exact) mass is 451 g/mol. The van der Waals surface area contributed by atoms with Crippen molar-refractivity contribution < 1.29 is 4.74 Å². The zero-order chi connectivity index (χ0) is 13.9. The van der Waals surface area contributed by atoms with Gasteiger partial charge in [-0.3, -0.25) is 0 Å². The fourth-order valence-corrected chi connectivity index (χ4v) is 1.59. The van der Waals surface area contributed by atoms with Crippen molar-refractivity contribution in [1.82, 2.24) is 10.6 Å². The SMILES string of the molecule is C#CCNC(=NCCOc1ccc(Br)cc1)NCC.I. The number of ether oxygens (including phenoxy) is 1. The molecule has 0 atom stereocenters. The Morgan fingerprint density at radius 2 is 2.05 bits per heavy atom. The minimum Gasteiger partial charge on any atom is -0.492 e. The Balaban J connectivity index is 0.00000361. The summed E-state index contributed by atoms with van der Waals surface area (Å²) in [5.41, 5.74) is 0. The molecular weight excluding hydrogens is 433 g/mol. The maximum Gasteiger partial charge on any atom is 0.192 e. The third kappa shape index (κ3) is 8.27. The van der Waals surface area contributed by atoms with E-state index in [0.717, 1.165) is 16.8 Å².